The number of nitrogens with one attached hydrogen (secondary N) is 1. The number of aliphatic hydroxyl groups is 1. The molecule has 0 spiro atoms. The highest BCUT2D eigenvalue weighted by atomic mass is 19.4. The zero-order chi connectivity index (χ0) is 17.7. The molecule has 2 aromatic rings. The summed E-state index contributed by atoms with van der Waals surface area (Å²) in [5.41, 5.74) is -1.39. The first kappa shape index (κ1) is 17.7. The second-order valence-electron chi connectivity index (χ2n) is 5.13. The van der Waals surface area contributed by atoms with Gasteiger partial charge in [-0.3, -0.25) is 9.59 Å². The Morgan fingerprint density at radius 3 is 2.62 bits per heavy atom. The SMILES string of the molecule is O=C(NCC(O)Cn1ccccc1=O)c1cccc(C(F)(F)F)c1. The number of hydrogen-bond acceptors (Lipinski definition) is 3. The third-order valence-corrected chi connectivity index (χ3v) is 3.26. The van der Waals surface area contributed by atoms with Crippen molar-refractivity contribution in [2.75, 3.05) is 6.54 Å². The number of hydrogen-bond donors (Lipinski definition) is 2. The van der Waals surface area contributed by atoms with Gasteiger partial charge in [-0.2, -0.15) is 13.2 Å². The molecular weight excluding hydrogens is 325 g/mol. The Bertz CT molecular complexity index is 771. The maximum absolute atomic E-state index is 12.6. The molecule has 1 aromatic heterocycles. The molecule has 1 unspecified atom stereocenters. The molecule has 128 valence electrons. The molecule has 1 atom stereocenters. The average Bonchev–Trinajstić information content (AvgIpc) is 2.54. The van der Waals surface area contributed by atoms with E-state index in [4.69, 9.17) is 0 Å². The van der Waals surface area contributed by atoms with Crippen LogP contribution in [0.25, 0.3) is 0 Å². The number of halogens is 3. The van der Waals surface area contributed by atoms with Crippen molar-refractivity contribution in [2.45, 2.75) is 18.8 Å². The number of amides is 1. The van der Waals surface area contributed by atoms with E-state index < -0.39 is 23.8 Å². The van der Waals surface area contributed by atoms with Crippen LogP contribution in [0.3, 0.4) is 0 Å². The van der Waals surface area contributed by atoms with E-state index in [2.05, 4.69) is 5.32 Å². The maximum Gasteiger partial charge on any atom is 0.416 e. The van der Waals surface area contributed by atoms with Gasteiger partial charge in [0.2, 0.25) is 0 Å². The third kappa shape index (κ3) is 4.69. The Balaban J connectivity index is 1.96. The fourth-order valence-electron chi connectivity index (χ4n) is 2.05. The zero-order valence-electron chi connectivity index (χ0n) is 12.5. The molecule has 0 fully saturated rings. The van der Waals surface area contributed by atoms with Gasteiger partial charge in [-0.1, -0.05) is 12.1 Å². The topological polar surface area (TPSA) is 71.3 Å². The fourth-order valence-corrected chi connectivity index (χ4v) is 2.05. The van der Waals surface area contributed by atoms with Crippen LogP contribution < -0.4 is 10.9 Å². The Morgan fingerprint density at radius 1 is 1.21 bits per heavy atom. The number of carbonyl (C=O) groups is 1. The molecule has 1 aromatic carbocycles. The highest BCUT2D eigenvalue weighted by Crippen LogP contribution is 2.29. The van der Waals surface area contributed by atoms with Gasteiger partial charge >= 0.3 is 6.18 Å². The molecule has 0 aliphatic heterocycles. The first-order valence-electron chi connectivity index (χ1n) is 7.06. The molecule has 1 amide bonds. The lowest BCUT2D eigenvalue weighted by atomic mass is 10.1. The second-order valence-corrected chi connectivity index (χ2v) is 5.13. The van der Waals surface area contributed by atoms with Crippen molar-refractivity contribution in [1.82, 2.24) is 9.88 Å². The summed E-state index contributed by atoms with van der Waals surface area (Å²) in [6, 6.07) is 8.50. The number of aromatic nitrogens is 1. The number of alkyl halides is 3. The van der Waals surface area contributed by atoms with Crippen LogP contribution in [0.4, 0.5) is 13.2 Å². The summed E-state index contributed by atoms with van der Waals surface area (Å²) in [5.74, 6) is -0.736. The monoisotopic (exact) mass is 340 g/mol. The molecule has 0 radical (unpaired) electrons. The minimum Gasteiger partial charge on any atom is -0.389 e. The molecule has 0 aliphatic rings. The molecule has 1 heterocycles. The van der Waals surface area contributed by atoms with Gasteiger partial charge in [0.25, 0.3) is 11.5 Å². The highest BCUT2D eigenvalue weighted by Gasteiger charge is 2.30. The maximum atomic E-state index is 12.6. The second kappa shape index (κ2) is 7.31. The third-order valence-electron chi connectivity index (χ3n) is 3.26. The van der Waals surface area contributed by atoms with Crippen LogP contribution in [-0.4, -0.2) is 28.2 Å². The van der Waals surface area contributed by atoms with Crippen molar-refractivity contribution in [3.05, 3.63) is 70.1 Å². The highest BCUT2D eigenvalue weighted by molar-refractivity contribution is 5.94. The van der Waals surface area contributed by atoms with Crippen molar-refractivity contribution >= 4 is 5.91 Å². The molecule has 2 rings (SSSR count). The van der Waals surface area contributed by atoms with Crippen molar-refractivity contribution in [3.63, 3.8) is 0 Å². The predicted octanol–water partition coefficient (Wildman–Crippen LogP) is 1.66. The summed E-state index contributed by atoms with van der Waals surface area (Å²) in [5, 5.41) is 12.2. The summed E-state index contributed by atoms with van der Waals surface area (Å²) in [6.45, 7) is -0.237. The molecule has 0 bridgehead atoms. The van der Waals surface area contributed by atoms with Crippen LogP contribution in [0.5, 0.6) is 0 Å². The van der Waals surface area contributed by atoms with E-state index in [1.54, 1.807) is 12.1 Å². The standard InChI is InChI=1S/C16H15F3N2O3/c17-16(18,19)12-5-3-4-11(8-12)15(24)20-9-13(22)10-21-7-2-1-6-14(21)23/h1-8,13,22H,9-10H2,(H,20,24). The molecule has 0 aliphatic carbocycles. The van der Waals surface area contributed by atoms with Crippen LogP contribution in [0.2, 0.25) is 0 Å². The van der Waals surface area contributed by atoms with Crippen LogP contribution in [0.1, 0.15) is 15.9 Å². The number of benzene rings is 1. The minimum absolute atomic E-state index is 0.0391. The molecule has 0 saturated carbocycles. The van der Waals surface area contributed by atoms with Gasteiger partial charge in [0.1, 0.15) is 0 Å². The molecule has 8 heteroatoms. The van der Waals surface area contributed by atoms with Gasteiger partial charge < -0.3 is 15.0 Å². The fraction of sp³-hybridized carbons (Fsp3) is 0.250. The van der Waals surface area contributed by atoms with Gasteiger partial charge in [-0.05, 0) is 24.3 Å². The van der Waals surface area contributed by atoms with E-state index in [1.807, 2.05) is 0 Å². The number of pyridine rings is 1. The number of nitrogens with zero attached hydrogens (tertiary/aromatic N) is 1. The molecule has 0 saturated heterocycles. The smallest absolute Gasteiger partial charge is 0.389 e. The molecular formula is C16H15F3N2O3. The first-order chi connectivity index (χ1) is 11.3. The molecule has 24 heavy (non-hydrogen) atoms. The van der Waals surface area contributed by atoms with Crippen LogP contribution in [-0.2, 0) is 12.7 Å². The van der Waals surface area contributed by atoms with Crippen molar-refractivity contribution in [1.29, 1.82) is 0 Å². The predicted molar refractivity (Wildman–Crippen MR) is 80.5 cm³/mol. The Labute approximate surface area is 135 Å². The summed E-state index contributed by atoms with van der Waals surface area (Å²) in [6.07, 6.45) is -4.11. The van der Waals surface area contributed by atoms with E-state index in [-0.39, 0.29) is 24.2 Å². The van der Waals surface area contributed by atoms with E-state index in [0.717, 1.165) is 18.2 Å². The summed E-state index contributed by atoms with van der Waals surface area (Å²) < 4.78 is 39.1. The van der Waals surface area contributed by atoms with Crippen LogP contribution >= 0.6 is 0 Å². The van der Waals surface area contributed by atoms with Crippen LogP contribution in [0, 0.1) is 0 Å². The minimum atomic E-state index is -4.54. The Hall–Kier alpha value is -2.61. The number of rotatable bonds is 5. The van der Waals surface area contributed by atoms with Crippen molar-refractivity contribution in [2.24, 2.45) is 0 Å². The largest absolute Gasteiger partial charge is 0.416 e. The van der Waals surface area contributed by atoms with E-state index in [9.17, 15) is 27.9 Å². The lowest BCUT2D eigenvalue weighted by molar-refractivity contribution is -0.137. The van der Waals surface area contributed by atoms with Gasteiger partial charge in [-0.15, -0.1) is 0 Å². The molecule has 2 N–H and O–H groups in total. The normalized spacial score (nSPS) is 12.7. The van der Waals surface area contributed by atoms with Gasteiger partial charge in [0.05, 0.1) is 18.2 Å². The van der Waals surface area contributed by atoms with Crippen molar-refractivity contribution in [3.8, 4) is 0 Å². The average molecular weight is 340 g/mol. The number of carbonyl (C=O) groups excluding carboxylic acids is 1. The summed E-state index contributed by atoms with van der Waals surface area (Å²) >= 11 is 0. The zero-order valence-corrected chi connectivity index (χ0v) is 12.5. The van der Waals surface area contributed by atoms with Crippen LogP contribution in [0.15, 0.2) is 53.5 Å². The lowest BCUT2D eigenvalue weighted by Crippen LogP contribution is -2.36. The first-order valence-corrected chi connectivity index (χ1v) is 7.06. The van der Waals surface area contributed by atoms with Crippen molar-refractivity contribution < 1.29 is 23.1 Å². The molecule has 5 nitrogen and oxygen atoms in total. The van der Waals surface area contributed by atoms with E-state index in [1.165, 1.54) is 22.9 Å². The number of aliphatic hydroxyl groups excluding tert-OH is 1. The quantitative estimate of drug-likeness (QED) is 0.870. The van der Waals surface area contributed by atoms with Gasteiger partial charge in [0.15, 0.2) is 0 Å². The van der Waals surface area contributed by atoms with Gasteiger partial charge in [-0.25, -0.2) is 0 Å². The Morgan fingerprint density at radius 2 is 1.96 bits per heavy atom. The Kier molecular flexibility index (Phi) is 5.40. The summed E-state index contributed by atoms with van der Waals surface area (Å²) in [7, 11) is 0. The van der Waals surface area contributed by atoms with Gasteiger partial charge in [0, 0.05) is 24.4 Å². The lowest BCUT2D eigenvalue weighted by Gasteiger charge is -2.14. The summed E-state index contributed by atoms with van der Waals surface area (Å²) in [4.78, 5) is 23.4. The van der Waals surface area contributed by atoms with E-state index in [0.29, 0.717) is 0 Å². The van der Waals surface area contributed by atoms with E-state index >= 15 is 0 Å².